The molecule has 1 atom stereocenters. The van der Waals surface area contributed by atoms with Gasteiger partial charge in [-0.3, -0.25) is 0 Å². The molecule has 0 amide bonds. The summed E-state index contributed by atoms with van der Waals surface area (Å²) in [5, 5.41) is 3.58. The van der Waals surface area contributed by atoms with Crippen LogP contribution < -0.4 is 5.32 Å². The Morgan fingerprint density at radius 2 is 2.08 bits per heavy atom. The first kappa shape index (κ1) is 13.4. The van der Waals surface area contributed by atoms with E-state index in [0.29, 0.717) is 12.1 Å². The molecule has 0 spiro atoms. The molecule has 1 unspecified atom stereocenters. The molecule has 0 saturated carbocycles. The second-order valence-electron chi connectivity index (χ2n) is 3.08. The highest BCUT2D eigenvalue weighted by atomic mass is 127. The molecule has 12 heavy (non-hydrogen) atoms. The van der Waals surface area contributed by atoms with Gasteiger partial charge in [0.2, 0.25) is 0 Å². The van der Waals surface area contributed by atoms with Crippen molar-refractivity contribution in [2.75, 3.05) is 17.8 Å². The molecule has 0 aliphatic carbocycles. The lowest BCUT2D eigenvalue weighted by atomic mass is 10.2. The largest absolute Gasteiger partial charge is 0.311 e. The Morgan fingerprint density at radius 1 is 1.42 bits per heavy atom. The number of thioether (sulfide) groups is 1. The molecule has 1 nitrogen and oxygen atoms in total. The molecule has 0 fully saturated rings. The van der Waals surface area contributed by atoms with E-state index in [9.17, 15) is 0 Å². The van der Waals surface area contributed by atoms with Gasteiger partial charge < -0.3 is 5.32 Å². The van der Waals surface area contributed by atoms with Gasteiger partial charge in [-0.25, -0.2) is 0 Å². The zero-order valence-corrected chi connectivity index (χ0v) is 11.8. The summed E-state index contributed by atoms with van der Waals surface area (Å²) in [5.74, 6) is 2.49. The summed E-state index contributed by atoms with van der Waals surface area (Å²) in [6.45, 7) is 4.42. The Balaban J connectivity index is 3.54. The normalized spacial score (nSPS) is 13.8. The number of hydrogen-bond donors (Lipinski definition) is 1. The number of hydrogen-bond acceptors (Lipinski definition) is 3. The van der Waals surface area contributed by atoms with Gasteiger partial charge in [0, 0.05) is 17.8 Å². The van der Waals surface area contributed by atoms with Gasteiger partial charge in [0.25, 0.3) is 0 Å². The molecule has 4 heteroatoms. The van der Waals surface area contributed by atoms with Gasteiger partial charge in [-0.1, -0.05) is 22.8 Å². The van der Waals surface area contributed by atoms with Crippen molar-refractivity contribution in [3.8, 4) is 0 Å². The molecule has 0 rings (SSSR count). The second-order valence-corrected chi connectivity index (χ2v) is 6.48. The molecule has 0 aromatic heterocycles. The summed E-state index contributed by atoms with van der Waals surface area (Å²) in [5.41, 5.74) is 0. The van der Waals surface area contributed by atoms with Crippen LogP contribution in [0.4, 0.5) is 0 Å². The van der Waals surface area contributed by atoms with Crippen molar-refractivity contribution >= 4 is 41.9 Å². The topological polar surface area (TPSA) is 12.0 Å². The maximum atomic E-state index is 3.58. The standard InChI is InChI=1S/C8H18INS2/c1-7(2)10-8(6-12-9)4-5-11-3/h7-8,10H,4-6H2,1-3H3. The lowest BCUT2D eigenvalue weighted by Gasteiger charge is -2.19. The summed E-state index contributed by atoms with van der Waals surface area (Å²) in [6, 6.07) is 1.31. The van der Waals surface area contributed by atoms with Crippen LogP contribution in [0.25, 0.3) is 0 Å². The van der Waals surface area contributed by atoms with Gasteiger partial charge in [0.1, 0.15) is 0 Å². The van der Waals surface area contributed by atoms with E-state index in [-0.39, 0.29) is 0 Å². The van der Waals surface area contributed by atoms with Gasteiger partial charge in [0.15, 0.2) is 0 Å². The number of nitrogens with one attached hydrogen (secondary N) is 1. The fraction of sp³-hybridized carbons (Fsp3) is 1.00. The maximum absolute atomic E-state index is 3.58. The number of rotatable bonds is 7. The Morgan fingerprint density at radius 3 is 2.50 bits per heavy atom. The van der Waals surface area contributed by atoms with Crippen molar-refractivity contribution in [3.63, 3.8) is 0 Å². The van der Waals surface area contributed by atoms with Gasteiger partial charge in [-0.2, -0.15) is 11.8 Å². The zero-order chi connectivity index (χ0) is 9.40. The lowest BCUT2D eigenvalue weighted by molar-refractivity contribution is 0.488. The highest BCUT2D eigenvalue weighted by Gasteiger charge is 2.08. The van der Waals surface area contributed by atoms with Gasteiger partial charge in [-0.05, 0) is 39.6 Å². The first-order chi connectivity index (χ1) is 5.70. The molecule has 0 radical (unpaired) electrons. The fourth-order valence-corrected chi connectivity index (χ4v) is 3.26. The van der Waals surface area contributed by atoms with Crippen LogP contribution in [0.5, 0.6) is 0 Å². The van der Waals surface area contributed by atoms with Crippen LogP contribution in [0, 0.1) is 0 Å². The van der Waals surface area contributed by atoms with Crippen molar-refractivity contribution in [3.05, 3.63) is 0 Å². The molecular weight excluding hydrogens is 301 g/mol. The third-order valence-corrected chi connectivity index (χ3v) is 3.75. The van der Waals surface area contributed by atoms with Crippen molar-refractivity contribution in [2.45, 2.75) is 32.4 Å². The predicted molar refractivity (Wildman–Crippen MR) is 71.5 cm³/mol. The minimum absolute atomic E-state index is 0.611. The quantitative estimate of drug-likeness (QED) is 0.724. The molecule has 0 aromatic carbocycles. The first-order valence-electron chi connectivity index (χ1n) is 4.19. The molecule has 0 aromatic rings. The van der Waals surface area contributed by atoms with E-state index < -0.39 is 0 Å². The van der Waals surface area contributed by atoms with Crippen LogP contribution in [0.2, 0.25) is 0 Å². The third-order valence-electron chi connectivity index (χ3n) is 1.50. The van der Waals surface area contributed by atoms with Gasteiger partial charge in [0.05, 0.1) is 0 Å². The van der Waals surface area contributed by atoms with Crippen molar-refractivity contribution in [1.82, 2.24) is 5.32 Å². The van der Waals surface area contributed by atoms with E-state index in [2.05, 4.69) is 46.6 Å². The Labute approximate surface area is 96.8 Å². The number of halogens is 1. The molecule has 0 aliphatic rings. The molecule has 1 N–H and O–H groups in total. The molecule has 0 heterocycles. The van der Waals surface area contributed by atoms with Crippen LogP contribution >= 0.6 is 41.9 Å². The third kappa shape index (κ3) is 8.01. The van der Waals surface area contributed by atoms with Crippen LogP contribution in [-0.4, -0.2) is 29.8 Å². The van der Waals surface area contributed by atoms with E-state index in [0.717, 1.165) is 0 Å². The SMILES string of the molecule is CSCCC(CSI)NC(C)C. The summed E-state index contributed by atoms with van der Waals surface area (Å²) in [4.78, 5) is 0. The Bertz CT molecular complexity index is 101. The fourth-order valence-electron chi connectivity index (χ4n) is 1.02. The van der Waals surface area contributed by atoms with Crippen LogP contribution in [0.1, 0.15) is 20.3 Å². The summed E-state index contributed by atoms with van der Waals surface area (Å²) < 4.78 is 0. The van der Waals surface area contributed by atoms with E-state index in [1.54, 1.807) is 0 Å². The van der Waals surface area contributed by atoms with E-state index in [1.165, 1.54) is 17.9 Å². The minimum Gasteiger partial charge on any atom is -0.311 e. The van der Waals surface area contributed by atoms with Crippen molar-refractivity contribution < 1.29 is 0 Å². The van der Waals surface area contributed by atoms with Crippen LogP contribution in [0.3, 0.4) is 0 Å². The average molecular weight is 319 g/mol. The summed E-state index contributed by atoms with van der Waals surface area (Å²) in [6.07, 6.45) is 3.46. The van der Waals surface area contributed by atoms with Gasteiger partial charge >= 0.3 is 0 Å². The predicted octanol–water partition coefficient (Wildman–Crippen LogP) is 3.19. The van der Waals surface area contributed by atoms with E-state index in [4.69, 9.17) is 0 Å². The van der Waals surface area contributed by atoms with E-state index >= 15 is 0 Å². The highest BCUT2D eigenvalue weighted by Crippen LogP contribution is 2.15. The monoisotopic (exact) mass is 319 g/mol. The van der Waals surface area contributed by atoms with Crippen LogP contribution in [0.15, 0.2) is 0 Å². The molecule has 74 valence electrons. The smallest absolute Gasteiger partial charge is 0.0188 e. The van der Waals surface area contributed by atoms with Crippen molar-refractivity contribution in [1.29, 1.82) is 0 Å². The lowest BCUT2D eigenvalue weighted by Crippen LogP contribution is -2.36. The zero-order valence-electron chi connectivity index (χ0n) is 7.97. The molecule has 0 bridgehead atoms. The average Bonchev–Trinajstić information content (AvgIpc) is 2.00. The summed E-state index contributed by atoms with van der Waals surface area (Å²) >= 11 is 4.30. The molecule has 0 saturated heterocycles. The Hall–Kier alpha value is 1.39. The second kappa shape index (κ2) is 8.97. The summed E-state index contributed by atoms with van der Waals surface area (Å²) in [7, 11) is 1.90. The highest BCUT2D eigenvalue weighted by molar-refractivity contribution is 14.2. The van der Waals surface area contributed by atoms with Crippen LogP contribution in [-0.2, 0) is 0 Å². The van der Waals surface area contributed by atoms with Gasteiger partial charge in [-0.15, -0.1) is 0 Å². The Kier molecular flexibility index (Phi) is 10.0. The van der Waals surface area contributed by atoms with Crippen molar-refractivity contribution in [2.24, 2.45) is 0 Å². The molecular formula is C8H18INS2. The van der Waals surface area contributed by atoms with E-state index in [1.807, 2.05) is 20.7 Å². The molecule has 0 aliphatic heterocycles. The maximum Gasteiger partial charge on any atom is 0.0188 e. The first-order valence-corrected chi connectivity index (χ1v) is 9.11. The minimum atomic E-state index is 0.611.